The third-order valence-corrected chi connectivity index (χ3v) is 3.53. The molecular formula is C14H23Cl2N3O. The highest BCUT2D eigenvalue weighted by molar-refractivity contribution is 5.91. The zero-order chi connectivity index (χ0) is 12.8. The third kappa shape index (κ3) is 6.07. The number of carbonyl (C=O) groups is 1. The largest absolute Gasteiger partial charge is 0.326 e. The van der Waals surface area contributed by atoms with Crippen molar-refractivity contribution in [1.82, 2.24) is 10.3 Å². The minimum Gasteiger partial charge on any atom is -0.326 e. The maximum absolute atomic E-state index is 11.9. The fraction of sp³-hybridized carbons (Fsp3) is 0.571. The molecule has 1 saturated heterocycles. The van der Waals surface area contributed by atoms with Gasteiger partial charge in [-0.2, -0.15) is 0 Å². The molecule has 0 saturated carbocycles. The summed E-state index contributed by atoms with van der Waals surface area (Å²) in [6.07, 6.45) is 7.48. The van der Waals surface area contributed by atoms with E-state index < -0.39 is 0 Å². The van der Waals surface area contributed by atoms with Gasteiger partial charge in [-0.05, 0) is 56.8 Å². The van der Waals surface area contributed by atoms with E-state index in [0.29, 0.717) is 12.3 Å². The van der Waals surface area contributed by atoms with Crippen LogP contribution < -0.4 is 10.6 Å². The Labute approximate surface area is 132 Å². The number of nitrogens with zero attached hydrogens (tertiary/aromatic N) is 1. The summed E-state index contributed by atoms with van der Waals surface area (Å²) >= 11 is 0. The summed E-state index contributed by atoms with van der Waals surface area (Å²) in [6, 6.07) is 1.85. The summed E-state index contributed by atoms with van der Waals surface area (Å²) in [4.78, 5) is 15.9. The van der Waals surface area contributed by atoms with Crippen molar-refractivity contribution in [2.24, 2.45) is 5.92 Å². The Hall–Kier alpha value is -0.840. The lowest BCUT2D eigenvalue weighted by molar-refractivity contribution is -0.116. The first kappa shape index (κ1) is 19.2. The van der Waals surface area contributed by atoms with Gasteiger partial charge in [0.2, 0.25) is 5.91 Å². The topological polar surface area (TPSA) is 54.0 Å². The number of halogens is 2. The zero-order valence-electron chi connectivity index (χ0n) is 11.7. The molecule has 1 aliphatic heterocycles. The standard InChI is InChI=1S/C14H21N3O.2ClH/c1-11-10-16-9-6-13(11)17-14(18)3-2-12-4-7-15-8-5-12;;/h6,9-10,12,15H,2-5,7-8H2,1H3,(H,16,17,18);2*1H. The maximum atomic E-state index is 11.9. The molecule has 0 aromatic carbocycles. The van der Waals surface area contributed by atoms with Gasteiger partial charge in [-0.1, -0.05) is 0 Å². The number of anilines is 1. The molecule has 1 amide bonds. The smallest absolute Gasteiger partial charge is 0.224 e. The predicted octanol–water partition coefficient (Wildman–Crippen LogP) is 2.95. The van der Waals surface area contributed by atoms with Crippen LogP contribution in [0.5, 0.6) is 0 Å². The molecule has 6 heteroatoms. The molecule has 0 unspecified atom stereocenters. The number of carbonyl (C=O) groups excluding carboxylic acids is 1. The molecule has 1 aliphatic rings. The Morgan fingerprint density at radius 2 is 2.10 bits per heavy atom. The molecule has 0 atom stereocenters. The molecular weight excluding hydrogens is 297 g/mol. The first-order chi connectivity index (χ1) is 8.75. The number of pyridine rings is 1. The van der Waals surface area contributed by atoms with Crippen molar-refractivity contribution >= 4 is 36.4 Å². The van der Waals surface area contributed by atoms with Crippen LogP contribution in [0.2, 0.25) is 0 Å². The maximum Gasteiger partial charge on any atom is 0.224 e. The molecule has 114 valence electrons. The number of rotatable bonds is 4. The predicted molar refractivity (Wildman–Crippen MR) is 86.9 cm³/mol. The second kappa shape index (κ2) is 9.97. The Morgan fingerprint density at radius 3 is 2.75 bits per heavy atom. The van der Waals surface area contributed by atoms with Crippen LogP contribution in [0.15, 0.2) is 18.5 Å². The third-order valence-electron chi connectivity index (χ3n) is 3.53. The molecule has 2 heterocycles. The first-order valence-electron chi connectivity index (χ1n) is 6.67. The van der Waals surface area contributed by atoms with Gasteiger partial charge >= 0.3 is 0 Å². The second-order valence-corrected chi connectivity index (χ2v) is 4.97. The second-order valence-electron chi connectivity index (χ2n) is 4.97. The van der Waals surface area contributed by atoms with Crippen LogP contribution in [-0.2, 0) is 4.79 Å². The van der Waals surface area contributed by atoms with Gasteiger partial charge in [0.05, 0.1) is 0 Å². The zero-order valence-corrected chi connectivity index (χ0v) is 13.4. The van der Waals surface area contributed by atoms with Gasteiger partial charge in [-0.25, -0.2) is 0 Å². The fourth-order valence-corrected chi connectivity index (χ4v) is 2.33. The van der Waals surface area contributed by atoms with Crippen molar-refractivity contribution in [2.75, 3.05) is 18.4 Å². The summed E-state index contributed by atoms with van der Waals surface area (Å²) in [5, 5.41) is 6.30. The van der Waals surface area contributed by atoms with Crippen molar-refractivity contribution < 1.29 is 4.79 Å². The van der Waals surface area contributed by atoms with Gasteiger partial charge in [0.1, 0.15) is 0 Å². The minimum atomic E-state index is 0. The van der Waals surface area contributed by atoms with Crippen molar-refractivity contribution in [3.8, 4) is 0 Å². The average Bonchev–Trinajstić information content (AvgIpc) is 2.40. The van der Waals surface area contributed by atoms with E-state index in [-0.39, 0.29) is 30.7 Å². The Balaban J connectivity index is 0.00000180. The molecule has 1 aromatic heterocycles. The SMILES string of the molecule is Cc1cnccc1NC(=O)CCC1CCNCC1.Cl.Cl. The van der Waals surface area contributed by atoms with Crippen LogP contribution in [0.1, 0.15) is 31.2 Å². The Morgan fingerprint density at radius 1 is 1.40 bits per heavy atom. The summed E-state index contributed by atoms with van der Waals surface area (Å²) in [6.45, 7) is 4.14. The molecule has 0 bridgehead atoms. The molecule has 0 spiro atoms. The van der Waals surface area contributed by atoms with E-state index in [1.54, 1.807) is 12.4 Å². The highest BCUT2D eigenvalue weighted by Gasteiger charge is 2.14. The molecule has 20 heavy (non-hydrogen) atoms. The van der Waals surface area contributed by atoms with Gasteiger partial charge in [-0.3, -0.25) is 9.78 Å². The van der Waals surface area contributed by atoms with E-state index in [2.05, 4.69) is 15.6 Å². The number of amides is 1. The number of nitrogens with one attached hydrogen (secondary N) is 2. The number of aromatic nitrogens is 1. The van der Waals surface area contributed by atoms with Crippen LogP contribution in [-0.4, -0.2) is 24.0 Å². The number of hydrogen-bond donors (Lipinski definition) is 2. The van der Waals surface area contributed by atoms with E-state index in [4.69, 9.17) is 0 Å². The fourth-order valence-electron chi connectivity index (χ4n) is 2.33. The minimum absolute atomic E-state index is 0. The molecule has 4 nitrogen and oxygen atoms in total. The summed E-state index contributed by atoms with van der Waals surface area (Å²) in [5.41, 5.74) is 1.88. The Kier molecular flexibility index (Phi) is 9.55. The van der Waals surface area contributed by atoms with Gasteiger partial charge < -0.3 is 10.6 Å². The van der Waals surface area contributed by atoms with Crippen molar-refractivity contribution in [3.05, 3.63) is 24.0 Å². The molecule has 2 rings (SSSR count). The lowest BCUT2D eigenvalue weighted by Gasteiger charge is -2.22. The molecule has 1 aromatic rings. The highest BCUT2D eigenvalue weighted by Crippen LogP contribution is 2.18. The van der Waals surface area contributed by atoms with E-state index in [1.807, 2.05) is 13.0 Å². The summed E-state index contributed by atoms with van der Waals surface area (Å²) in [5.74, 6) is 0.818. The van der Waals surface area contributed by atoms with E-state index in [9.17, 15) is 4.79 Å². The monoisotopic (exact) mass is 319 g/mol. The van der Waals surface area contributed by atoms with Crippen LogP contribution in [0.3, 0.4) is 0 Å². The molecule has 1 fully saturated rings. The highest BCUT2D eigenvalue weighted by atomic mass is 35.5. The van der Waals surface area contributed by atoms with Crippen molar-refractivity contribution in [2.45, 2.75) is 32.6 Å². The normalized spacial score (nSPS) is 14.8. The quantitative estimate of drug-likeness (QED) is 0.897. The van der Waals surface area contributed by atoms with Crippen molar-refractivity contribution in [3.63, 3.8) is 0 Å². The van der Waals surface area contributed by atoms with Crippen LogP contribution in [0, 0.1) is 12.8 Å². The molecule has 0 aliphatic carbocycles. The lowest BCUT2D eigenvalue weighted by Crippen LogP contribution is -2.28. The number of aryl methyl sites for hydroxylation is 1. The lowest BCUT2D eigenvalue weighted by atomic mass is 9.93. The molecule has 2 N–H and O–H groups in total. The van der Waals surface area contributed by atoms with Gasteiger partial charge in [0.25, 0.3) is 0 Å². The van der Waals surface area contributed by atoms with E-state index in [1.165, 1.54) is 12.8 Å². The van der Waals surface area contributed by atoms with Gasteiger partial charge in [0.15, 0.2) is 0 Å². The van der Waals surface area contributed by atoms with E-state index in [0.717, 1.165) is 30.8 Å². The van der Waals surface area contributed by atoms with Crippen LogP contribution >= 0.6 is 24.8 Å². The van der Waals surface area contributed by atoms with E-state index >= 15 is 0 Å². The summed E-state index contributed by atoms with van der Waals surface area (Å²) in [7, 11) is 0. The average molecular weight is 320 g/mol. The summed E-state index contributed by atoms with van der Waals surface area (Å²) < 4.78 is 0. The molecule has 0 radical (unpaired) electrons. The van der Waals surface area contributed by atoms with Gasteiger partial charge in [-0.15, -0.1) is 24.8 Å². The van der Waals surface area contributed by atoms with Gasteiger partial charge in [0, 0.05) is 24.5 Å². The Bertz CT molecular complexity index is 409. The van der Waals surface area contributed by atoms with Crippen LogP contribution in [0.25, 0.3) is 0 Å². The number of hydrogen-bond acceptors (Lipinski definition) is 3. The number of piperidine rings is 1. The van der Waals surface area contributed by atoms with Crippen molar-refractivity contribution in [1.29, 1.82) is 0 Å². The van der Waals surface area contributed by atoms with Crippen LogP contribution in [0.4, 0.5) is 5.69 Å². The first-order valence-corrected chi connectivity index (χ1v) is 6.67.